The van der Waals surface area contributed by atoms with Crippen molar-refractivity contribution in [3.05, 3.63) is 34.9 Å². The second-order valence-corrected chi connectivity index (χ2v) is 4.04. The Morgan fingerprint density at radius 1 is 1.33 bits per heavy atom. The summed E-state index contributed by atoms with van der Waals surface area (Å²) in [6.45, 7) is 1.73. The van der Waals surface area contributed by atoms with E-state index in [2.05, 4.69) is 5.32 Å². The van der Waals surface area contributed by atoms with Gasteiger partial charge in [0.2, 0.25) is 0 Å². The molecule has 0 spiro atoms. The van der Waals surface area contributed by atoms with Crippen molar-refractivity contribution in [3.8, 4) is 0 Å². The van der Waals surface area contributed by atoms with Crippen LogP contribution in [0, 0.1) is 0 Å². The number of halogens is 3. The third kappa shape index (κ3) is 3.43. The molecule has 0 aliphatic heterocycles. The van der Waals surface area contributed by atoms with Crippen LogP contribution in [0.5, 0.6) is 0 Å². The van der Waals surface area contributed by atoms with Gasteiger partial charge in [-0.25, -0.2) is 8.78 Å². The van der Waals surface area contributed by atoms with Crippen molar-refractivity contribution >= 4 is 11.6 Å². The van der Waals surface area contributed by atoms with Crippen LogP contribution >= 0.6 is 11.6 Å². The molecule has 1 atom stereocenters. The summed E-state index contributed by atoms with van der Waals surface area (Å²) in [5.74, 6) is -2.81. The van der Waals surface area contributed by atoms with Crippen molar-refractivity contribution in [2.75, 3.05) is 7.05 Å². The number of hydrogen-bond acceptors (Lipinski definition) is 1. The molecule has 1 aromatic carbocycles. The zero-order valence-corrected chi connectivity index (χ0v) is 9.48. The number of hydrogen-bond donors (Lipinski definition) is 1. The fraction of sp³-hybridized carbons (Fsp3) is 0.455. The fourth-order valence-electron chi connectivity index (χ4n) is 1.30. The molecule has 1 N–H and O–H groups in total. The molecule has 15 heavy (non-hydrogen) atoms. The van der Waals surface area contributed by atoms with Crippen molar-refractivity contribution in [3.63, 3.8) is 0 Å². The lowest BCUT2D eigenvalue weighted by Crippen LogP contribution is -2.29. The van der Waals surface area contributed by atoms with Crippen LogP contribution in [-0.2, 0) is 5.92 Å². The Bertz CT molecular complexity index is 311. The van der Waals surface area contributed by atoms with Crippen molar-refractivity contribution in [1.82, 2.24) is 5.32 Å². The van der Waals surface area contributed by atoms with Gasteiger partial charge in [0.1, 0.15) is 0 Å². The van der Waals surface area contributed by atoms with E-state index >= 15 is 0 Å². The van der Waals surface area contributed by atoms with Gasteiger partial charge in [0, 0.05) is 23.0 Å². The Hall–Kier alpha value is -0.670. The predicted octanol–water partition coefficient (Wildman–Crippen LogP) is 3.43. The molecule has 0 radical (unpaired) electrons. The summed E-state index contributed by atoms with van der Waals surface area (Å²) >= 11 is 5.64. The van der Waals surface area contributed by atoms with Gasteiger partial charge in [0.15, 0.2) is 0 Å². The topological polar surface area (TPSA) is 12.0 Å². The van der Waals surface area contributed by atoms with Crippen molar-refractivity contribution in [1.29, 1.82) is 0 Å². The first-order chi connectivity index (χ1) is 6.95. The third-order valence-electron chi connectivity index (χ3n) is 2.32. The van der Waals surface area contributed by atoms with E-state index in [0.29, 0.717) is 5.02 Å². The Morgan fingerprint density at radius 3 is 2.33 bits per heavy atom. The number of rotatable bonds is 4. The van der Waals surface area contributed by atoms with Crippen LogP contribution in [0.15, 0.2) is 24.3 Å². The normalized spacial score (nSPS) is 13.9. The molecule has 1 nitrogen and oxygen atoms in total. The SMILES string of the molecule is CNC(C)CC(F)(F)c1ccc(Cl)cc1. The quantitative estimate of drug-likeness (QED) is 0.840. The van der Waals surface area contributed by atoms with E-state index < -0.39 is 5.92 Å². The summed E-state index contributed by atoms with van der Waals surface area (Å²) in [7, 11) is 1.67. The molecule has 0 bridgehead atoms. The van der Waals surface area contributed by atoms with E-state index in [1.807, 2.05) is 0 Å². The summed E-state index contributed by atoms with van der Waals surface area (Å²) < 4.78 is 27.3. The van der Waals surface area contributed by atoms with E-state index in [1.165, 1.54) is 24.3 Å². The maximum absolute atomic E-state index is 13.6. The zero-order chi connectivity index (χ0) is 11.5. The van der Waals surface area contributed by atoms with Gasteiger partial charge in [-0.1, -0.05) is 23.7 Å². The van der Waals surface area contributed by atoms with Crippen LogP contribution in [0.4, 0.5) is 8.78 Å². The Kier molecular flexibility index (Phi) is 4.05. The number of alkyl halides is 2. The summed E-state index contributed by atoms with van der Waals surface area (Å²) in [6, 6.07) is 5.47. The lowest BCUT2D eigenvalue weighted by molar-refractivity contribution is -0.0207. The summed E-state index contributed by atoms with van der Waals surface area (Å²) in [5, 5.41) is 3.26. The highest BCUT2D eigenvalue weighted by atomic mass is 35.5. The monoisotopic (exact) mass is 233 g/mol. The lowest BCUT2D eigenvalue weighted by atomic mass is 10.0. The lowest BCUT2D eigenvalue weighted by Gasteiger charge is -2.20. The average Bonchev–Trinajstić information content (AvgIpc) is 2.17. The molecule has 1 aromatic rings. The number of nitrogens with one attached hydrogen (secondary N) is 1. The van der Waals surface area contributed by atoms with Gasteiger partial charge < -0.3 is 5.32 Å². The highest BCUT2D eigenvalue weighted by Gasteiger charge is 2.32. The number of benzene rings is 1. The van der Waals surface area contributed by atoms with Crippen LogP contribution in [0.3, 0.4) is 0 Å². The molecule has 1 rings (SSSR count). The molecule has 0 aliphatic carbocycles. The minimum absolute atomic E-state index is 0.00833. The highest BCUT2D eigenvalue weighted by Crippen LogP contribution is 2.33. The van der Waals surface area contributed by atoms with Crippen molar-refractivity contribution < 1.29 is 8.78 Å². The maximum Gasteiger partial charge on any atom is 0.274 e. The molecule has 0 aromatic heterocycles. The molecule has 0 saturated carbocycles. The molecule has 0 fully saturated rings. The highest BCUT2D eigenvalue weighted by molar-refractivity contribution is 6.30. The first kappa shape index (κ1) is 12.4. The average molecular weight is 234 g/mol. The molecule has 0 amide bonds. The van der Waals surface area contributed by atoms with Crippen LogP contribution < -0.4 is 5.32 Å². The van der Waals surface area contributed by atoms with E-state index in [9.17, 15) is 8.78 Å². The van der Waals surface area contributed by atoms with Gasteiger partial charge in [-0.15, -0.1) is 0 Å². The van der Waals surface area contributed by atoms with Crippen LogP contribution in [0.2, 0.25) is 5.02 Å². The first-order valence-corrected chi connectivity index (χ1v) is 5.14. The predicted molar refractivity (Wildman–Crippen MR) is 58.5 cm³/mol. The standard InChI is InChI=1S/C11H14ClF2N/c1-8(15-2)7-11(13,14)9-3-5-10(12)6-4-9/h3-6,8,15H,7H2,1-2H3. The van der Waals surface area contributed by atoms with Gasteiger partial charge in [-0.3, -0.25) is 0 Å². The minimum atomic E-state index is -2.81. The van der Waals surface area contributed by atoms with Crippen LogP contribution in [0.25, 0.3) is 0 Å². The van der Waals surface area contributed by atoms with Gasteiger partial charge in [0.05, 0.1) is 0 Å². The Morgan fingerprint density at radius 2 is 1.87 bits per heavy atom. The Balaban J connectivity index is 2.80. The van der Waals surface area contributed by atoms with Gasteiger partial charge in [0.25, 0.3) is 5.92 Å². The summed E-state index contributed by atoms with van der Waals surface area (Å²) in [4.78, 5) is 0. The van der Waals surface area contributed by atoms with E-state index in [4.69, 9.17) is 11.6 Å². The molecule has 4 heteroatoms. The Labute approximate surface area is 93.4 Å². The van der Waals surface area contributed by atoms with Gasteiger partial charge >= 0.3 is 0 Å². The molecule has 1 unspecified atom stereocenters. The molecule has 0 aliphatic rings. The fourth-order valence-corrected chi connectivity index (χ4v) is 1.42. The molecular weight excluding hydrogens is 220 g/mol. The van der Waals surface area contributed by atoms with E-state index in [1.54, 1.807) is 14.0 Å². The zero-order valence-electron chi connectivity index (χ0n) is 8.73. The molecule has 0 saturated heterocycles. The van der Waals surface area contributed by atoms with Crippen molar-refractivity contribution in [2.45, 2.75) is 25.3 Å². The molecule has 0 heterocycles. The van der Waals surface area contributed by atoms with Gasteiger partial charge in [-0.2, -0.15) is 0 Å². The van der Waals surface area contributed by atoms with Gasteiger partial charge in [-0.05, 0) is 26.1 Å². The minimum Gasteiger partial charge on any atom is -0.317 e. The molecular formula is C11H14ClF2N. The molecule has 84 valence electrons. The smallest absolute Gasteiger partial charge is 0.274 e. The summed E-state index contributed by atoms with van der Waals surface area (Å²) in [6.07, 6.45) is -0.217. The van der Waals surface area contributed by atoms with Crippen LogP contribution in [0.1, 0.15) is 18.9 Å². The van der Waals surface area contributed by atoms with E-state index in [0.717, 1.165) is 0 Å². The third-order valence-corrected chi connectivity index (χ3v) is 2.57. The van der Waals surface area contributed by atoms with Crippen molar-refractivity contribution in [2.24, 2.45) is 0 Å². The van der Waals surface area contributed by atoms with Crippen LogP contribution in [-0.4, -0.2) is 13.1 Å². The van der Waals surface area contributed by atoms with E-state index in [-0.39, 0.29) is 18.0 Å². The second-order valence-electron chi connectivity index (χ2n) is 3.61. The second kappa shape index (κ2) is 4.90. The maximum atomic E-state index is 13.6. The summed E-state index contributed by atoms with van der Waals surface area (Å²) in [5.41, 5.74) is 0.00833. The largest absolute Gasteiger partial charge is 0.317 e. The first-order valence-electron chi connectivity index (χ1n) is 4.77.